The number of aromatic hydroxyl groups is 1. The lowest BCUT2D eigenvalue weighted by molar-refractivity contribution is -0.123. The minimum atomic E-state index is -0.483. The number of hydrogen-bond donors (Lipinski definition) is 3. The molecule has 134 valence electrons. The standard InChI is InChI=1S/C19H19N3O4/c1-26-16-9-6-14(7-10-16)8-11-18(24)20-13-19(25)22-21-12-15-4-2-3-5-17(15)23/h2-12,23H,13H2,1H3,(H,20,24)(H,22,25)/b11-8?,21-12+. The number of carbonyl (C=O) groups excluding carboxylic acids is 2. The summed E-state index contributed by atoms with van der Waals surface area (Å²) >= 11 is 0. The van der Waals surface area contributed by atoms with Crippen LogP contribution in [0.5, 0.6) is 11.5 Å². The van der Waals surface area contributed by atoms with Gasteiger partial charge in [-0.2, -0.15) is 5.10 Å². The van der Waals surface area contributed by atoms with Gasteiger partial charge in [-0.15, -0.1) is 0 Å². The smallest absolute Gasteiger partial charge is 0.259 e. The quantitative estimate of drug-likeness (QED) is 0.400. The average molecular weight is 353 g/mol. The lowest BCUT2D eigenvalue weighted by Gasteiger charge is -2.02. The predicted molar refractivity (Wildman–Crippen MR) is 98.9 cm³/mol. The number of benzene rings is 2. The van der Waals surface area contributed by atoms with Crippen molar-refractivity contribution in [2.75, 3.05) is 13.7 Å². The first-order valence-electron chi connectivity index (χ1n) is 7.78. The van der Waals surface area contributed by atoms with Crippen LogP contribution in [-0.2, 0) is 9.59 Å². The highest BCUT2D eigenvalue weighted by Gasteiger charge is 2.02. The van der Waals surface area contributed by atoms with E-state index in [2.05, 4.69) is 15.8 Å². The number of carbonyl (C=O) groups is 2. The minimum Gasteiger partial charge on any atom is -0.507 e. The van der Waals surface area contributed by atoms with Crippen molar-refractivity contribution in [3.63, 3.8) is 0 Å². The Labute approximate surface area is 151 Å². The van der Waals surface area contributed by atoms with Gasteiger partial charge in [0, 0.05) is 11.6 Å². The van der Waals surface area contributed by atoms with Crippen molar-refractivity contribution in [3.8, 4) is 11.5 Å². The van der Waals surface area contributed by atoms with Crippen LogP contribution in [-0.4, -0.2) is 36.8 Å². The molecule has 0 aliphatic heterocycles. The van der Waals surface area contributed by atoms with Gasteiger partial charge in [0.25, 0.3) is 5.91 Å². The number of para-hydroxylation sites is 1. The SMILES string of the molecule is COc1ccc(C=CC(=O)NCC(=O)N/N=C/c2ccccc2O)cc1. The summed E-state index contributed by atoms with van der Waals surface area (Å²) in [6.07, 6.45) is 4.28. The Hall–Kier alpha value is -3.61. The van der Waals surface area contributed by atoms with Gasteiger partial charge in [0.15, 0.2) is 0 Å². The molecule has 0 spiro atoms. The number of ether oxygens (including phenoxy) is 1. The summed E-state index contributed by atoms with van der Waals surface area (Å²) < 4.78 is 5.05. The molecular formula is C19H19N3O4. The van der Waals surface area contributed by atoms with Crippen LogP contribution in [0.3, 0.4) is 0 Å². The van der Waals surface area contributed by atoms with Gasteiger partial charge in [-0.1, -0.05) is 24.3 Å². The number of nitrogens with one attached hydrogen (secondary N) is 2. The van der Waals surface area contributed by atoms with E-state index in [1.165, 1.54) is 18.4 Å². The molecule has 0 fully saturated rings. The Morgan fingerprint density at radius 1 is 1.15 bits per heavy atom. The van der Waals surface area contributed by atoms with Crippen LogP contribution >= 0.6 is 0 Å². The Bertz CT molecular complexity index is 814. The van der Waals surface area contributed by atoms with Crippen LogP contribution in [0.15, 0.2) is 59.7 Å². The second-order valence-electron chi connectivity index (χ2n) is 5.18. The van der Waals surface area contributed by atoms with E-state index in [0.717, 1.165) is 11.3 Å². The maximum atomic E-state index is 11.7. The molecule has 0 unspecified atom stereocenters. The summed E-state index contributed by atoms with van der Waals surface area (Å²) in [5.74, 6) is -0.0985. The van der Waals surface area contributed by atoms with Gasteiger partial charge in [0.2, 0.25) is 5.91 Å². The number of methoxy groups -OCH3 is 1. The summed E-state index contributed by atoms with van der Waals surface area (Å²) in [5.41, 5.74) is 3.57. The Morgan fingerprint density at radius 2 is 1.88 bits per heavy atom. The molecule has 3 N–H and O–H groups in total. The zero-order valence-electron chi connectivity index (χ0n) is 14.2. The molecule has 0 heterocycles. The first-order chi connectivity index (χ1) is 12.6. The van der Waals surface area contributed by atoms with Crippen LogP contribution in [0.2, 0.25) is 0 Å². The molecule has 0 bridgehead atoms. The third-order valence-electron chi connectivity index (χ3n) is 3.30. The fraction of sp³-hybridized carbons (Fsp3) is 0.105. The first-order valence-corrected chi connectivity index (χ1v) is 7.78. The molecule has 2 aromatic carbocycles. The van der Waals surface area contributed by atoms with Crippen LogP contribution in [0.25, 0.3) is 6.08 Å². The highest BCUT2D eigenvalue weighted by atomic mass is 16.5. The van der Waals surface area contributed by atoms with Crippen molar-refractivity contribution >= 4 is 24.1 Å². The molecule has 2 amide bonds. The van der Waals surface area contributed by atoms with Crippen molar-refractivity contribution in [3.05, 3.63) is 65.7 Å². The predicted octanol–water partition coefficient (Wildman–Crippen LogP) is 1.68. The molecule has 0 saturated carbocycles. The molecular weight excluding hydrogens is 334 g/mol. The number of hydrogen-bond acceptors (Lipinski definition) is 5. The van der Waals surface area contributed by atoms with E-state index >= 15 is 0 Å². The fourth-order valence-electron chi connectivity index (χ4n) is 1.92. The third kappa shape index (κ3) is 6.12. The van der Waals surface area contributed by atoms with Crippen molar-refractivity contribution in [1.82, 2.24) is 10.7 Å². The van der Waals surface area contributed by atoms with E-state index in [1.54, 1.807) is 43.5 Å². The van der Waals surface area contributed by atoms with E-state index in [0.29, 0.717) is 5.56 Å². The van der Waals surface area contributed by atoms with E-state index in [4.69, 9.17) is 4.74 Å². The van der Waals surface area contributed by atoms with Crippen LogP contribution in [0.4, 0.5) is 0 Å². The van der Waals surface area contributed by atoms with E-state index < -0.39 is 11.8 Å². The maximum absolute atomic E-state index is 11.7. The summed E-state index contributed by atoms with van der Waals surface area (Å²) in [7, 11) is 1.58. The Morgan fingerprint density at radius 3 is 2.58 bits per heavy atom. The van der Waals surface area contributed by atoms with Gasteiger partial charge < -0.3 is 15.2 Å². The molecule has 2 aromatic rings. The summed E-state index contributed by atoms with van der Waals surface area (Å²) in [6.45, 7) is -0.218. The normalized spacial score (nSPS) is 10.8. The van der Waals surface area contributed by atoms with E-state index in [9.17, 15) is 14.7 Å². The number of amides is 2. The monoisotopic (exact) mass is 353 g/mol. The maximum Gasteiger partial charge on any atom is 0.259 e. The second kappa shape index (κ2) is 9.63. The van der Waals surface area contributed by atoms with Crippen LogP contribution < -0.4 is 15.5 Å². The lowest BCUT2D eigenvalue weighted by atomic mass is 10.2. The van der Waals surface area contributed by atoms with Crippen molar-refractivity contribution in [1.29, 1.82) is 0 Å². The zero-order valence-corrected chi connectivity index (χ0v) is 14.2. The number of rotatable bonds is 7. The van der Waals surface area contributed by atoms with Gasteiger partial charge in [0.05, 0.1) is 19.9 Å². The molecule has 7 nitrogen and oxygen atoms in total. The number of phenolic OH excluding ortho intramolecular Hbond substituents is 1. The molecule has 0 atom stereocenters. The summed E-state index contributed by atoms with van der Waals surface area (Å²) in [6, 6.07) is 13.8. The van der Waals surface area contributed by atoms with Crippen LogP contribution in [0.1, 0.15) is 11.1 Å². The molecule has 0 saturated heterocycles. The van der Waals surface area contributed by atoms with Crippen LogP contribution in [0, 0.1) is 0 Å². The van der Waals surface area contributed by atoms with Crippen molar-refractivity contribution in [2.45, 2.75) is 0 Å². The average Bonchev–Trinajstić information content (AvgIpc) is 2.66. The van der Waals surface area contributed by atoms with Crippen molar-refractivity contribution in [2.24, 2.45) is 5.10 Å². The molecule has 2 rings (SSSR count). The topological polar surface area (TPSA) is 100 Å². The zero-order chi connectivity index (χ0) is 18.8. The molecule has 26 heavy (non-hydrogen) atoms. The first kappa shape index (κ1) is 18.7. The lowest BCUT2D eigenvalue weighted by Crippen LogP contribution is -2.34. The van der Waals surface area contributed by atoms with Crippen molar-refractivity contribution < 1.29 is 19.4 Å². The van der Waals surface area contributed by atoms with E-state index in [-0.39, 0.29) is 12.3 Å². The Kier molecular flexibility index (Phi) is 6.93. The third-order valence-corrected chi connectivity index (χ3v) is 3.30. The van der Waals surface area contributed by atoms with E-state index in [1.807, 2.05) is 12.1 Å². The molecule has 7 heteroatoms. The Balaban J connectivity index is 1.75. The van der Waals surface area contributed by atoms with Gasteiger partial charge in [-0.25, -0.2) is 5.43 Å². The van der Waals surface area contributed by atoms with Gasteiger partial charge in [-0.05, 0) is 35.9 Å². The number of phenols is 1. The summed E-state index contributed by atoms with van der Waals surface area (Å²) in [5, 5.41) is 15.7. The molecule has 0 radical (unpaired) electrons. The minimum absolute atomic E-state index is 0.0578. The highest BCUT2D eigenvalue weighted by Crippen LogP contribution is 2.13. The van der Waals surface area contributed by atoms with Gasteiger partial charge in [0.1, 0.15) is 11.5 Å². The molecule has 0 aliphatic carbocycles. The second-order valence-corrected chi connectivity index (χ2v) is 5.18. The molecule has 0 aromatic heterocycles. The number of nitrogens with zero attached hydrogens (tertiary/aromatic N) is 1. The number of hydrazone groups is 1. The fourth-order valence-corrected chi connectivity index (χ4v) is 1.92. The van der Waals surface area contributed by atoms with Gasteiger partial charge >= 0.3 is 0 Å². The summed E-state index contributed by atoms with van der Waals surface area (Å²) in [4.78, 5) is 23.3. The molecule has 0 aliphatic rings. The van der Waals surface area contributed by atoms with Gasteiger partial charge in [-0.3, -0.25) is 9.59 Å². The largest absolute Gasteiger partial charge is 0.507 e. The highest BCUT2D eigenvalue weighted by molar-refractivity contribution is 5.94.